The van der Waals surface area contributed by atoms with Gasteiger partial charge < -0.3 is 10.1 Å². The molecule has 0 atom stereocenters. The van der Waals surface area contributed by atoms with E-state index >= 15 is 0 Å². The van der Waals surface area contributed by atoms with Gasteiger partial charge in [0.2, 0.25) is 0 Å². The van der Waals surface area contributed by atoms with Crippen LogP contribution in [0.4, 0.5) is 0 Å². The second-order valence-corrected chi connectivity index (χ2v) is 4.61. The number of nitrogens with one attached hydrogen (secondary N) is 1. The third-order valence-corrected chi connectivity index (χ3v) is 3.42. The van der Waals surface area contributed by atoms with Gasteiger partial charge in [-0.2, -0.15) is 0 Å². The highest BCUT2D eigenvalue weighted by Gasteiger charge is 2.14. The molecule has 5 heteroatoms. The van der Waals surface area contributed by atoms with E-state index in [0.717, 1.165) is 11.0 Å². The van der Waals surface area contributed by atoms with Crippen LogP contribution in [0.25, 0.3) is 11.0 Å². The number of aromatic hydroxyl groups is 1. The Morgan fingerprint density at radius 1 is 1.11 bits per heavy atom. The SMILES string of the molecule is O=S=C(c1nc2ccccc2[nH]1)c1ccccc1O. The Hall–Kier alpha value is -2.40. The van der Waals surface area contributed by atoms with Crippen molar-refractivity contribution in [1.29, 1.82) is 0 Å². The van der Waals surface area contributed by atoms with Gasteiger partial charge in [0, 0.05) is 5.56 Å². The van der Waals surface area contributed by atoms with Crippen LogP contribution in [-0.4, -0.2) is 24.1 Å². The van der Waals surface area contributed by atoms with Crippen LogP contribution >= 0.6 is 0 Å². The average Bonchev–Trinajstić information content (AvgIpc) is 2.85. The maximum absolute atomic E-state index is 11.4. The summed E-state index contributed by atoms with van der Waals surface area (Å²) in [5, 5.41) is 9.83. The number of benzene rings is 2. The molecule has 0 spiro atoms. The Kier molecular flexibility index (Phi) is 2.89. The number of para-hydroxylation sites is 3. The standard InChI is InChI=1S/C14H10N2O2S/c17-12-8-4-1-5-9(12)13(19-18)14-15-10-6-2-3-7-11(10)16-14/h1-8,17H,(H,15,16). The number of H-pyrrole nitrogens is 1. The lowest BCUT2D eigenvalue weighted by atomic mass is 10.1. The fourth-order valence-electron chi connectivity index (χ4n) is 1.94. The Morgan fingerprint density at radius 2 is 1.84 bits per heavy atom. The minimum atomic E-state index is 0.0707. The monoisotopic (exact) mass is 270 g/mol. The van der Waals surface area contributed by atoms with Gasteiger partial charge in [-0.05, 0) is 24.3 Å². The van der Waals surface area contributed by atoms with Crippen molar-refractivity contribution in [3.05, 3.63) is 59.9 Å². The molecule has 0 bridgehead atoms. The molecule has 1 aromatic heterocycles. The molecule has 0 radical (unpaired) electrons. The molecule has 0 aliphatic carbocycles. The van der Waals surface area contributed by atoms with E-state index in [1.807, 2.05) is 24.3 Å². The lowest BCUT2D eigenvalue weighted by molar-refractivity contribution is 0.474. The van der Waals surface area contributed by atoms with E-state index in [1.54, 1.807) is 24.3 Å². The summed E-state index contributed by atoms with van der Waals surface area (Å²) in [7, 11) is 0. The first-order chi connectivity index (χ1) is 9.29. The van der Waals surface area contributed by atoms with Crippen LogP contribution in [0.5, 0.6) is 5.75 Å². The lowest BCUT2D eigenvalue weighted by Crippen LogP contribution is -2.05. The van der Waals surface area contributed by atoms with Gasteiger partial charge in [0.25, 0.3) is 0 Å². The van der Waals surface area contributed by atoms with Gasteiger partial charge in [0.15, 0.2) is 5.82 Å². The third-order valence-electron chi connectivity index (χ3n) is 2.84. The average molecular weight is 270 g/mol. The predicted molar refractivity (Wildman–Crippen MR) is 75.6 cm³/mol. The van der Waals surface area contributed by atoms with E-state index in [4.69, 9.17) is 0 Å². The molecule has 1 heterocycles. The highest BCUT2D eigenvalue weighted by atomic mass is 32.1. The van der Waals surface area contributed by atoms with Crippen LogP contribution in [0, 0.1) is 0 Å². The normalized spacial score (nSPS) is 10.5. The molecule has 94 valence electrons. The summed E-state index contributed by atoms with van der Waals surface area (Å²) < 4.78 is 11.4. The number of nitrogens with zero attached hydrogens (tertiary/aromatic N) is 1. The number of aromatic amines is 1. The molecule has 3 rings (SSSR count). The maximum atomic E-state index is 11.4. The van der Waals surface area contributed by atoms with Gasteiger partial charge in [-0.25, -0.2) is 9.19 Å². The number of hydrogen-bond acceptors (Lipinski definition) is 3. The van der Waals surface area contributed by atoms with E-state index in [1.165, 1.54) is 0 Å². The van der Waals surface area contributed by atoms with Crippen molar-refractivity contribution in [3.8, 4) is 5.75 Å². The van der Waals surface area contributed by atoms with E-state index in [9.17, 15) is 9.32 Å². The molecule has 19 heavy (non-hydrogen) atoms. The molecule has 0 amide bonds. The Morgan fingerprint density at radius 3 is 2.58 bits per heavy atom. The molecule has 0 saturated carbocycles. The maximum Gasteiger partial charge on any atom is 0.152 e. The molecular formula is C14H10N2O2S. The van der Waals surface area contributed by atoms with E-state index in [0.29, 0.717) is 27.5 Å². The predicted octanol–water partition coefficient (Wildman–Crippen LogP) is 2.05. The van der Waals surface area contributed by atoms with Gasteiger partial charge in [0.05, 0.1) is 11.0 Å². The summed E-state index contributed by atoms with van der Waals surface area (Å²) in [6, 6.07) is 14.3. The summed E-state index contributed by atoms with van der Waals surface area (Å²) in [5.74, 6) is 0.545. The quantitative estimate of drug-likeness (QED) is 0.553. The largest absolute Gasteiger partial charge is 0.507 e. The van der Waals surface area contributed by atoms with Crippen LogP contribution < -0.4 is 0 Å². The molecule has 4 nitrogen and oxygen atoms in total. The van der Waals surface area contributed by atoms with Gasteiger partial charge in [-0.3, -0.25) is 0 Å². The molecule has 3 aromatic rings. The molecule has 2 N–H and O–H groups in total. The van der Waals surface area contributed by atoms with Crippen LogP contribution in [0.15, 0.2) is 48.5 Å². The molecule has 0 fully saturated rings. The van der Waals surface area contributed by atoms with Crippen molar-refractivity contribution in [2.75, 3.05) is 0 Å². The van der Waals surface area contributed by atoms with Gasteiger partial charge in [0.1, 0.15) is 21.9 Å². The van der Waals surface area contributed by atoms with E-state index in [-0.39, 0.29) is 5.75 Å². The summed E-state index contributed by atoms with van der Waals surface area (Å²) in [4.78, 5) is 7.85. The van der Waals surface area contributed by atoms with Crippen molar-refractivity contribution in [3.63, 3.8) is 0 Å². The fourth-order valence-corrected chi connectivity index (χ4v) is 2.38. The van der Waals surface area contributed by atoms with E-state index < -0.39 is 0 Å². The van der Waals surface area contributed by atoms with Crippen molar-refractivity contribution in [2.45, 2.75) is 0 Å². The third kappa shape index (κ3) is 2.04. The second kappa shape index (κ2) is 4.70. The number of phenolic OH excluding ortho intramolecular Hbond substituents is 1. The van der Waals surface area contributed by atoms with Gasteiger partial charge >= 0.3 is 0 Å². The molecule has 0 aliphatic heterocycles. The Balaban J connectivity index is 2.19. The fraction of sp³-hybridized carbons (Fsp3) is 0. The molecule has 2 aromatic carbocycles. The number of phenols is 1. The number of imidazole rings is 1. The summed E-state index contributed by atoms with van der Waals surface area (Å²) in [6.07, 6.45) is 0. The first-order valence-electron chi connectivity index (χ1n) is 5.70. The van der Waals surface area contributed by atoms with Crippen molar-refractivity contribution in [1.82, 2.24) is 9.97 Å². The topological polar surface area (TPSA) is 66.0 Å². The number of hydrogen-bond donors (Lipinski definition) is 2. The van der Waals surface area contributed by atoms with Crippen molar-refractivity contribution in [2.24, 2.45) is 0 Å². The Labute approximate surface area is 112 Å². The second-order valence-electron chi connectivity index (χ2n) is 4.03. The van der Waals surface area contributed by atoms with Crippen LogP contribution in [-0.2, 0) is 11.3 Å². The van der Waals surface area contributed by atoms with Crippen molar-refractivity contribution < 1.29 is 9.32 Å². The summed E-state index contributed by atoms with van der Waals surface area (Å²) >= 11 is 0.318. The van der Waals surface area contributed by atoms with Crippen LogP contribution in [0.2, 0.25) is 0 Å². The zero-order chi connectivity index (χ0) is 13.2. The minimum Gasteiger partial charge on any atom is -0.507 e. The summed E-state index contributed by atoms with van der Waals surface area (Å²) in [6.45, 7) is 0. The van der Waals surface area contributed by atoms with Crippen molar-refractivity contribution >= 4 is 27.2 Å². The highest BCUT2D eigenvalue weighted by Crippen LogP contribution is 2.20. The Bertz CT molecular complexity index is 771. The highest BCUT2D eigenvalue weighted by molar-refractivity contribution is 7.67. The zero-order valence-electron chi connectivity index (χ0n) is 9.83. The molecule has 0 unspecified atom stereocenters. The number of fused-ring (bicyclic) bond motifs is 1. The smallest absolute Gasteiger partial charge is 0.152 e. The molecule has 0 saturated heterocycles. The summed E-state index contributed by atoms with van der Waals surface area (Å²) in [5.41, 5.74) is 2.14. The van der Waals surface area contributed by atoms with Gasteiger partial charge in [-0.1, -0.05) is 24.3 Å². The number of rotatable bonds is 2. The number of aromatic nitrogens is 2. The van der Waals surface area contributed by atoms with Crippen LogP contribution in [0.1, 0.15) is 11.4 Å². The van der Waals surface area contributed by atoms with Gasteiger partial charge in [-0.15, -0.1) is 0 Å². The minimum absolute atomic E-state index is 0.0707. The molecule has 0 aliphatic rings. The molecular weight excluding hydrogens is 260 g/mol. The first kappa shape index (κ1) is 11.7. The first-order valence-corrected chi connectivity index (χ1v) is 6.44. The van der Waals surface area contributed by atoms with E-state index in [2.05, 4.69) is 9.97 Å². The van der Waals surface area contributed by atoms with Crippen LogP contribution in [0.3, 0.4) is 0 Å². The lowest BCUT2D eigenvalue weighted by Gasteiger charge is -2.02. The zero-order valence-corrected chi connectivity index (χ0v) is 10.6.